The molecule has 0 radical (unpaired) electrons. The van der Waals surface area contributed by atoms with Gasteiger partial charge in [-0.2, -0.15) is 0 Å². The molecule has 0 amide bonds. The lowest BCUT2D eigenvalue weighted by Crippen LogP contribution is -2.18. The van der Waals surface area contributed by atoms with Gasteiger partial charge in [0.25, 0.3) is 5.92 Å². The van der Waals surface area contributed by atoms with Crippen molar-refractivity contribution < 1.29 is 18.7 Å². The molecule has 1 N–H and O–H groups in total. The van der Waals surface area contributed by atoms with Crippen molar-refractivity contribution in [1.29, 1.82) is 0 Å². The smallest absolute Gasteiger partial charge is 0.316 e. The van der Waals surface area contributed by atoms with E-state index in [9.17, 15) is 13.6 Å². The molecule has 0 heterocycles. The third-order valence-electron chi connectivity index (χ3n) is 3.20. The Morgan fingerprint density at radius 3 is 2.25 bits per heavy atom. The predicted molar refractivity (Wildman–Crippen MR) is 57.6 cm³/mol. The van der Waals surface area contributed by atoms with E-state index >= 15 is 0 Å². The van der Waals surface area contributed by atoms with Gasteiger partial charge in [-0.1, -0.05) is 28.1 Å². The van der Waals surface area contributed by atoms with Gasteiger partial charge in [0.2, 0.25) is 0 Å². The second kappa shape index (κ2) is 3.26. The van der Waals surface area contributed by atoms with Gasteiger partial charge in [-0.25, -0.2) is 8.78 Å². The normalized spacial score (nSPS) is 31.1. The summed E-state index contributed by atoms with van der Waals surface area (Å²) >= 11 is 3.20. The molecular formula is C11H9BrF2O2. The Hall–Kier alpha value is -0.970. The van der Waals surface area contributed by atoms with Crippen molar-refractivity contribution in [3.63, 3.8) is 0 Å². The Labute approximate surface area is 99.4 Å². The van der Waals surface area contributed by atoms with Crippen molar-refractivity contribution in [3.05, 3.63) is 34.3 Å². The van der Waals surface area contributed by atoms with Crippen molar-refractivity contribution in [2.45, 2.75) is 18.8 Å². The van der Waals surface area contributed by atoms with Gasteiger partial charge in [0.1, 0.15) is 5.41 Å². The Morgan fingerprint density at radius 1 is 1.38 bits per heavy atom. The highest BCUT2D eigenvalue weighted by molar-refractivity contribution is 9.10. The lowest BCUT2D eigenvalue weighted by molar-refractivity contribution is -0.146. The fourth-order valence-corrected chi connectivity index (χ4v) is 2.26. The monoisotopic (exact) mass is 290 g/mol. The van der Waals surface area contributed by atoms with Gasteiger partial charge in [0.15, 0.2) is 0 Å². The molecule has 16 heavy (non-hydrogen) atoms. The zero-order valence-corrected chi connectivity index (χ0v) is 9.96. The molecule has 2 atom stereocenters. The number of benzene rings is 1. The number of aliphatic carboxylic acids is 1. The summed E-state index contributed by atoms with van der Waals surface area (Å²) in [4.78, 5) is 10.9. The first-order chi connectivity index (χ1) is 7.31. The molecule has 5 heteroatoms. The standard InChI is InChI=1S/C11H9BrF2O2/c1-10(9(15)16)8(11(10,13)14)6-2-4-7(12)5-3-6/h2-5,8H,1H3,(H,15,16). The summed E-state index contributed by atoms with van der Waals surface area (Å²) in [6, 6.07) is 6.31. The number of carboxylic acid groups (broad SMARTS) is 1. The van der Waals surface area contributed by atoms with Crippen LogP contribution in [0, 0.1) is 5.41 Å². The van der Waals surface area contributed by atoms with Crippen LogP contribution in [0.15, 0.2) is 28.7 Å². The van der Waals surface area contributed by atoms with E-state index in [1.165, 1.54) is 12.1 Å². The summed E-state index contributed by atoms with van der Waals surface area (Å²) in [7, 11) is 0. The summed E-state index contributed by atoms with van der Waals surface area (Å²) in [5, 5.41) is 8.85. The van der Waals surface area contributed by atoms with E-state index in [1.54, 1.807) is 12.1 Å². The minimum absolute atomic E-state index is 0.359. The largest absolute Gasteiger partial charge is 0.481 e. The second-order valence-electron chi connectivity index (χ2n) is 4.12. The molecule has 0 aromatic heterocycles. The topological polar surface area (TPSA) is 37.3 Å². The Balaban J connectivity index is 2.38. The molecule has 86 valence electrons. The van der Waals surface area contributed by atoms with Gasteiger partial charge in [-0.15, -0.1) is 0 Å². The fourth-order valence-electron chi connectivity index (χ4n) is 1.99. The van der Waals surface area contributed by atoms with Crippen molar-refractivity contribution in [2.75, 3.05) is 0 Å². The molecule has 1 aromatic rings. The number of carbonyl (C=O) groups is 1. The van der Waals surface area contributed by atoms with E-state index in [4.69, 9.17) is 5.11 Å². The first kappa shape index (κ1) is 11.5. The Bertz CT molecular complexity index is 444. The van der Waals surface area contributed by atoms with Gasteiger partial charge in [0.05, 0.1) is 5.92 Å². The minimum atomic E-state index is -3.17. The molecule has 0 bridgehead atoms. The van der Waals surface area contributed by atoms with Crippen LogP contribution in [0.5, 0.6) is 0 Å². The lowest BCUT2D eigenvalue weighted by Gasteiger charge is -2.02. The van der Waals surface area contributed by atoms with Crippen molar-refractivity contribution in [1.82, 2.24) is 0 Å². The predicted octanol–water partition coefficient (Wildman–Crippen LogP) is 3.27. The maximum Gasteiger partial charge on any atom is 0.316 e. The molecule has 1 saturated carbocycles. The van der Waals surface area contributed by atoms with Crippen LogP contribution in [0.1, 0.15) is 18.4 Å². The van der Waals surface area contributed by atoms with E-state index in [-0.39, 0.29) is 0 Å². The van der Waals surface area contributed by atoms with Gasteiger partial charge in [0, 0.05) is 4.47 Å². The summed E-state index contributed by atoms with van der Waals surface area (Å²) < 4.78 is 27.8. The lowest BCUT2D eigenvalue weighted by atomic mass is 10.0. The average Bonchev–Trinajstić information content (AvgIpc) is 2.65. The number of halogens is 3. The van der Waals surface area contributed by atoms with Gasteiger partial charge in [-0.05, 0) is 24.6 Å². The fraction of sp³-hybridized carbons (Fsp3) is 0.364. The zero-order valence-electron chi connectivity index (χ0n) is 8.38. The quantitative estimate of drug-likeness (QED) is 0.908. The highest BCUT2D eigenvalue weighted by atomic mass is 79.9. The minimum Gasteiger partial charge on any atom is -0.481 e. The third kappa shape index (κ3) is 1.30. The Kier molecular flexibility index (Phi) is 2.35. The van der Waals surface area contributed by atoms with Crippen LogP contribution in [0.3, 0.4) is 0 Å². The molecule has 0 saturated heterocycles. The first-order valence-corrected chi connectivity index (χ1v) is 5.48. The molecule has 1 aliphatic rings. The number of alkyl halides is 2. The van der Waals surface area contributed by atoms with Crippen molar-refractivity contribution in [3.8, 4) is 0 Å². The summed E-state index contributed by atoms with van der Waals surface area (Å²) in [5.74, 6) is -5.86. The number of carboxylic acids is 1. The van der Waals surface area contributed by atoms with Gasteiger partial charge < -0.3 is 5.11 Å². The van der Waals surface area contributed by atoms with E-state index < -0.39 is 23.2 Å². The molecule has 1 aromatic carbocycles. The van der Waals surface area contributed by atoms with Crippen LogP contribution in [0.4, 0.5) is 8.78 Å². The maximum absolute atomic E-state index is 13.5. The van der Waals surface area contributed by atoms with Crippen LogP contribution < -0.4 is 0 Å². The summed E-state index contributed by atoms with van der Waals surface area (Å²) in [5.41, 5.74) is -1.61. The summed E-state index contributed by atoms with van der Waals surface area (Å²) in [6.45, 7) is 1.09. The first-order valence-electron chi connectivity index (χ1n) is 4.68. The molecule has 0 aliphatic heterocycles. The molecule has 2 unspecified atom stereocenters. The van der Waals surface area contributed by atoms with E-state index in [0.29, 0.717) is 5.56 Å². The molecule has 2 nitrogen and oxygen atoms in total. The molecule has 2 rings (SSSR count). The maximum atomic E-state index is 13.5. The van der Waals surface area contributed by atoms with Gasteiger partial charge >= 0.3 is 5.97 Å². The van der Waals surface area contributed by atoms with E-state index in [2.05, 4.69) is 15.9 Å². The van der Waals surface area contributed by atoms with E-state index in [0.717, 1.165) is 11.4 Å². The van der Waals surface area contributed by atoms with Crippen LogP contribution in [0.25, 0.3) is 0 Å². The molecule has 1 aliphatic carbocycles. The van der Waals surface area contributed by atoms with Crippen LogP contribution in [-0.2, 0) is 4.79 Å². The number of rotatable bonds is 2. The Morgan fingerprint density at radius 2 is 1.88 bits per heavy atom. The third-order valence-corrected chi connectivity index (χ3v) is 3.73. The molecule has 0 spiro atoms. The van der Waals surface area contributed by atoms with Crippen LogP contribution >= 0.6 is 15.9 Å². The zero-order chi connectivity index (χ0) is 12.1. The SMILES string of the molecule is CC1(C(=O)O)C(c2ccc(Br)cc2)C1(F)F. The van der Waals surface area contributed by atoms with Crippen LogP contribution in [-0.4, -0.2) is 17.0 Å². The average molecular weight is 291 g/mol. The molecular weight excluding hydrogens is 282 g/mol. The van der Waals surface area contributed by atoms with E-state index in [1.807, 2.05) is 0 Å². The summed E-state index contributed by atoms with van der Waals surface area (Å²) in [6.07, 6.45) is 0. The number of hydrogen-bond acceptors (Lipinski definition) is 1. The highest BCUT2D eigenvalue weighted by Gasteiger charge is 2.82. The second-order valence-corrected chi connectivity index (χ2v) is 5.03. The van der Waals surface area contributed by atoms with Crippen LogP contribution in [0.2, 0.25) is 0 Å². The molecule has 1 fully saturated rings. The highest BCUT2D eigenvalue weighted by Crippen LogP contribution is 2.71. The van der Waals surface area contributed by atoms with Crippen molar-refractivity contribution >= 4 is 21.9 Å². The number of hydrogen-bond donors (Lipinski definition) is 1. The van der Waals surface area contributed by atoms with Crippen molar-refractivity contribution in [2.24, 2.45) is 5.41 Å². The van der Waals surface area contributed by atoms with Gasteiger partial charge in [-0.3, -0.25) is 4.79 Å².